The van der Waals surface area contributed by atoms with Crippen LogP contribution >= 0.6 is 11.6 Å². The average molecular weight is 219 g/mol. The lowest BCUT2D eigenvalue weighted by atomic mass is 10.1. The normalized spacial score (nSPS) is 10.2. The van der Waals surface area contributed by atoms with Crippen LogP contribution in [-0.4, -0.2) is 4.98 Å². The lowest BCUT2D eigenvalue weighted by molar-refractivity contribution is 0.149. The van der Waals surface area contributed by atoms with Crippen molar-refractivity contribution < 1.29 is 8.78 Å². The number of aromatic amines is 1. The molecule has 1 rings (SSSR count). The van der Waals surface area contributed by atoms with E-state index in [1.165, 1.54) is 0 Å². The van der Waals surface area contributed by atoms with Crippen molar-refractivity contribution >= 4 is 11.6 Å². The van der Waals surface area contributed by atoms with Gasteiger partial charge in [0.1, 0.15) is 11.8 Å². The fraction of sp³-hybridized carbons (Fsp3) is 0.250. The Hall–Kier alpha value is -1.41. The van der Waals surface area contributed by atoms with Gasteiger partial charge < -0.3 is 4.98 Å². The van der Waals surface area contributed by atoms with Crippen molar-refractivity contribution in [3.8, 4) is 6.07 Å². The van der Waals surface area contributed by atoms with Crippen LogP contribution in [0.1, 0.15) is 23.2 Å². The van der Waals surface area contributed by atoms with E-state index in [1.54, 1.807) is 6.07 Å². The van der Waals surface area contributed by atoms with E-state index >= 15 is 0 Å². The average Bonchev–Trinajstić information content (AvgIpc) is 2.16. The molecule has 0 fully saturated rings. The van der Waals surface area contributed by atoms with Gasteiger partial charge >= 0.3 is 0 Å². The van der Waals surface area contributed by atoms with Crippen molar-refractivity contribution in [1.82, 2.24) is 4.98 Å². The molecule has 6 heteroatoms. The molecule has 0 aliphatic heterocycles. The van der Waals surface area contributed by atoms with Gasteiger partial charge in [0, 0.05) is 11.8 Å². The Morgan fingerprint density at radius 2 is 2.29 bits per heavy atom. The van der Waals surface area contributed by atoms with Crippen LogP contribution in [-0.2, 0) is 5.88 Å². The third-order valence-electron chi connectivity index (χ3n) is 1.69. The van der Waals surface area contributed by atoms with Crippen LogP contribution in [0.3, 0.4) is 0 Å². The van der Waals surface area contributed by atoms with Gasteiger partial charge in [0.25, 0.3) is 6.43 Å². The van der Waals surface area contributed by atoms with E-state index in [-0.39, 0.29) is 17.1 Å². The largest absolute Gasteiger partial charge is 0.352 e. The fourth-order valence-corrected chi connectivity index (χ4v) is 1.23. The maximum absolute atomic E-state index is 12.2. The van der Waals surface area contributed by atoms with Gasteiger partial charge in [-0.2, -0.15) is 5.26 Å². The van der Waals surface area contributed by atoms with Gasteiger partial charge in [-0.3, -0.25) is 4.79 Å². The number of nitrogens with zero attached hydrogens (tertiary/aromatic N) is 1. The van der Waals surface area contributed by atoms with Gasteiger partial charge in [-0.15, -0.1) is 11.6 Å². The van der Waals surface area contributed by atoms with Crippen molar-refractivity contribution in [2.75, 3.05) is 0 Å². The molecule has 1 aromatic rings. The smallest absolute Gasteiger partial charge is 0.269 e. The predicted octanol–water partition coefficient (Wildman–Crippen LogP) is 1.92. The van der Waals surface area contributed by atoms with Crippen molar-refractivity contribution in [3.63, 3.8) is 0 Å². The van der Waals surface area contributed by atoms with Gasteiger partial charge in [0.15, 0.2) is 5.43 Å². The summed E-state index contributed by atoms with van der Waals surface area (Å²) in [6.07, 6.45) is -2.03. The Kier molecular flexibility index (Phi) is 3.20. The Morgan fingerprint density at radius 3 is 2.71 bits per heavy atom. The molecule has 0 amide bonds. The van der Waals surface area contributed by atoms with Crippen LogP contribution in [0.15, 0.2) is 11.0 Å². The number of hydrogen-bond donors (Lipinski definition) is 1. The van der Waals surface area contributed by atoms with Gasteiger partial charge in [-0.25, -0.2) is 8.78 Å². The standard InChI is InChI=1S/C8H5ClF2N2O/c9-1-4-6(2-12)13-3-5(7(4)14)8(10)11/h3,8H,1H2,(H,13,14). The lowest BCUT2D eigenvalue weighted by Crippen LogP contribution is -2.16. The van der Waals surface area contributed by atoms with Crippen molar-refractivity contribution in [1.29, 1.82) is 5.26 Å². The second-order valence-corrected chi connectivity index (χ2v) is 2.74. The molecule has 0 radical (unpaired) electrons. The molecule has 0 unspecified atom stereocenters. The highest BCUT2D eigenvalue weighted by atomic mass is 35.5. The molecule has 74 valence electrons. The zero-order valence-corrected chi connectivity index (χ0v) is 7.61. The van der Waals surface area contributed by atoms with Gasteiger partial charge in [-0.1, -0.05) is 0 Å². The first-order valence-corrected chi connectivity index (χ1v) is 4.14. The molecule has 0 atom stereocenters. The lowest BCUT2D eigenvalue weighted by Gasteiger charge is -2.02. The molecule has 14 heavy (non-hydrogen) atoms. The highest BCUT2D eigenvalue weighted by Gasteiger charge is 2.16. The topological polar surface area (TPSA) is 56.6 Å². The number of hydrogen-bond acceptors (Lipinski definition) is 2. The Bertz CT molecular complexity index is 436. The van der Waals surface area contributed by atoms with E-state index < -0.39 is 17.4 Å². The first-order chi connectivity index (χ1) is 6.61. The van der Waals surface area contributed by atoms with E-state index in [4.69, 9.17) is 16.9 Å². The summed E-state index contributed by atoms with van der Waals surface area (Å²) in [5.41, 5.74) is -1.73. The number of nitriles is 1. The van der Waals surface area contributed by atoms with E-state index in [1.807, 2.05) is 0 Å². The molecule has 1 aromatic heterocycles. The Balaban J connectivity index is 3.45. The van der Waals surface area contributed by atoms with E-state index in [0.717, 1.165) is 6.20 Å². The van der Waals surface area contributed by atoms with E-state index in [9.17, 15) is 13.6 Å². The number of H-pyrrole nitrogens is 1. The molecule has 0 saturated carbocycles. The Morgan fingerprint density at radius 1 is 1.64 bits per heavy atom. The summed E-state index contributed by atoms with van der Waals surface area (Å²) in [6, 6.07) is 1.67. The van der Waals surface area contributed by atoms with Gasteiger partial charge in [0.05, 0.1) is 11.4 Å². The highest BCUT2D eigenvalue weighted by Crippen LogP contribution is 2.15. The van der Waals surface area contributed by atoms with Crippen LogP contribution in [0, 0.1) is 11.3 Å². The van der Waals surface area contributed by atoms with Crippen molar-refractivity contribution in [2.24, 2.45) is 0 Å². The number of aromatic nitrogens is 1. The highest BCUT2D eigenvalue weighted by molar-refractivity contribution is 6.17. The second-order valence-electron chi connectivity index (χ2n) is 2.47. The summed E-state index contributed by atoms with van der Waals surface area (Å²) >= 11 is 5.38. The molecule has 0 bridgehead atoms. The monoisotopic (exact) mass is 218 g/mol. The molecule has 3 nitrogen and oxygen atoms in total. The SMILES string of the molecule is N#Cc1[nH]cc(C(F)F)c(=O)c1CCl. The minimum absolute atomic E-state index is 0.0746. The number of nitrogens with one attached hydrogen (secondary N) is 1. The third-order valence-corrected chi connectivity index (χ3v) is 1.96. The molecule has 1 N–H and O–H groups in total. The second kappa shape index (κ2) is 4.20. The summed E-state index contributed by atoms with van der Waals surface area (Å²) in [4.78, 5) is 13.6. The van der Waals surface area contributed by atoms with Crippen LogP contribution < -0.4 is 5.43 Å². The Labute approximate surface area is 82.9 Å². The third kappa shape index (κ3) is 1.75. The van der Waals surface area contributed by atoms with Crippen molar-refractivity contribution in [2.45, 2.75) is 12.3 Å². The molecular formula is C8H5ClF2N2O. The van der Waals surface area contributed by atoms with Crippen LogP contribution in [0.2, 0.25) is 0 Å². The maximum Gasteiger partial charge on any atom is 0.269 e. The number of halogens is 3. The molecule has 0 aliphatic carbocycles. The minimum Gasteiger partial charge on any atom is -0.352 e. The molecule has 0 spiro atoms. The summed E-state index contributed by atoms with van der Waals surface area (Å²) in [5.74, 6) is -0.265. The van der Waals surface area contributed by atoms with Crippen LogP contribution in [0.25, 0.3) is 0 Å². The number of rotatable bonds is 2. The van der Waals surface area contributed by atoms with Crippen LogP contribution in [0.5, 0.6) is 0 Å². The molecule has 0 aliphatic rings. The van der Waals surface area contributed by atoms with Gasteiger partial charge in [0.2, 0.25) is 0 Å². The molecule has 0 aromatic carbocycles. The number of alkyl halides is 3. The minimum atomic E-state index is -2.87. The first-order valence-electron chi connectivity index (χ1n) is 3.60. The first kappa shape index (κ1) is 10.7. The molecule has 1 heterocycles. The van der Waals surface area contributed by atoms with E-state index in [2.05, 4.69) is 4.98 Å². The summed E-state index contributed by atoms with van der Waals surface area (Å²) in [6.45, 7) is 0. The predicted molar refractivity (Wildman–Crippen MR) is 46.3 cm³/mol. The van der Waals surface area contributed by atoms with Gasteiger partial charge in [-0.05, 0) is 0 Å². The molecule has 0 saturated heterocycles. The molecular weight excluding hydrogens is 214 g/mol. The number of pyridine rings is 1. The van der Waals surface area contributed by atoms with E-state index in [0.29, 0.717) is 0 Å². The summed E-state index contributed by atoms with van der Waals surface area (Å²) < 4.78 is 24.5. The maximum atomic E-state index is 12.2. The zero-order valence-electron chi connectivity index (χ0n) is 6.85. The van der Waals surface area contributed by atoms with Crippen LogP contribution in [0.4, 0.5) is 8.78 Å². The quantitative estimate of drug-likeness (QED) is 0.771. The summed E-state index contributed by atoms with van der Waals surface area (Å²) in [7, 11) is 0. The fourth-order valence-electron chi connectivity index (χ4n) is 0.980. The zero-order chi connectivity index (χ0) is 10.7. The van der Waals surface area contributed by atoms with Crippen molar-refractivity contribution in [3.05, 3.63) is 33.2 Å². The summed E-state index contributed by atoms with van der Waals surface area (Å²) in [5, 5.41) is 8.54.